The molecule has 7 heteroatoms. The van der Waals surface area contributed by atoms with Crippen LogP contribution >= 0.6 is 11.6 Å². The summed E-state index contributed by atoms with van der Waals surface area (Å²) >= 11 is 6.31. The van der Waals surface area contributed by atoms with Crippen LogP contribution in [0.1, 0.15) is 30.5 Å². The van der Waals surface area contributed by atoms with Crippen LogP contribution in [0.2, 0.25) is 5.02 Å². The second-order valence-electron chi connectivity index (χ2n) is 7.99. The number of hydrogen-bond donors (Lipinski definition) is 2. The molecule has 2 N–H and O–H groups in total. The second kappa shape index (κ2) is 8.22. The zero-order valence-corrected chi connectivity index (χ0v) is 18.5. The molecule has 0 saturated heterocycles. The number of amides is 1. The number of fused-ring (bicyclic) bond motifs is 1. The first-order chi connectivity index (χ1) is 15.9. The number of aromatic amines is 1. The van der Waals surface area contributed by atoms with Gasteiger partial charge in [-0.05, 0) is 41.5 Å². The molecular formula is C26H20ClN3O3. The summed E-state index contributed by atoms with van der Waals surface area (Å²) in [6.07, 6.45) is 0.331. The number of carbonyl (C=O) groups is 1. The molecule has 164 valence electrons. The Labute approximate surface area is 194 Å². The van der Waals surface area contributed by atoms with Crippen molar-refractivity contribution >= 4 is 34.1 Å². The summed E-state index contributed by atoms with van der Waals surface area (Å²) in [6.45, 7) is 1.44. The lowest BCUT2D eigenvalue weighted by Crippen LogP contribution is -2.24. The number of pyridine rings is 1. The van der Waals surface area contributed by atoms with Gasteiger partial charge in [0.05, 0.1) is 17.3 Å². The van der Waals surface area contributed by atoms with E-state index in [1.807, 2.05) is 42.5 Å². The molecule has 0 radical (unpaired) electrons. The summed E-state index contributed by atoms with van der Waals surface area (Å²) in [7, 11) is 0. The Morgan fingerprint density at radius 2 is 1.85 bits per heavy atom. The van der Waals surface area contributed by atoms with Gasteiger partial charge in [-0.3, -0.25) is 9.59 Å². The number of H-pyrrole nitrogens is 1. The van der Waals surface area contributed by atoms with Crippen molar-refractivity contribution in [1.29, 1.82) is 0 Å². The van der Waals surface area contributed by atoms with Crippen molar-refractivity contribution in [3.8, 4) is 16.9 Å². The molecule has 5 rings (SSSR count). The number of aromatic nitrogens is 1. The number of nitrogens with one attached hydrogen (secondary N) is 1. The van der Waals surface area contributed by atoms with Gasteiger partial charge in [0.2, 0.25) is 5.91 Å². The molecule has 0 spiro atoms. The van der Waals surface area contributed by atoms with Crippen molar-refractivity contribution in [2.45, 2.75) is 19.4 Å². The molecule has 0 aliphatic carbocycles. The van der Waals surface area contributed by atoms with E-state index >= 15 is 0 Å². The molecule has 0 bridgehead atoms. The highest BCUT2D eigenvalue weighted by Crippen LogP contribution is 2.37. The van der Waals surface area contributed by atoms with Crippen LogP contribution in [0.4, 0.5) is 0 Å². The van der Waals surface area contributed by atoms with Gasteiger partial charge < -0.3 is 10.1 Å². The number of hydrazone groups is 1. The summed E-state index contributed by atoms with van der Waals surface area (Å²) in [5.74, 6) is -0.146. The van der Waals surface area contributed by atoms with Crippen LogP contribution in [0.15, 0.2) is 82.7 Å². The third kappa shape index (κ3) is 3.79. The number of phenols is 1. The van der Waals surface area contributed by atoms with Gasteiger partial charge in [-0.2, -0.15) is 5.10 Å². The van der Waals surface area contributed by atoms with Crippen LogP contribution in [0, 0.1) is 0 Å². The van der Waals surface area contributed by atoms with Gasteiger partial charge >= 0.3 is 0 Å². The Morgan fingerprint density at radius 1 is 1.06 bits per heavy atom. The number of benzene rings is 3. The molecule has 0 saturated carbocycles. The van der Waals surface area contributed by atoms with Gasteiger partial charge in [0.1, 0.15) is 5.75 Å². The summed E-state index contributed by atoms with van der Waals surface area (Å²) in [5, 5.41) is 17.3. The molecule has 1 amide bonds. The maximum Gasteiger partial charge on any atom is 0.258 e. The van der Waals surface area contributed by atoms with Crippen molar-refractivity contribution in [2.75, 3.05) is 0 Å². The molecule has 3 aromatic carbocycles. The van der Waals surface area contributed by atoms with Crippen LogP contribution < -0.4 is 5.56 Å². The van der Waals surface area contributed by atoms with E-state index < -0.39 is 6.04 Å². The normalized spacial score (nSPS) is 15.6. The molecule has 1 aliphatic heterocycles. The Bertz CT molecular complexity index is 1480. The van der Waals surface area contributed by atoms with Crippen molar-refractivity contribution in [2.24, 2.45) is 5.10 Å². The van der Waals surface area contributed by atoms with Gasteiger partial charge in [-0.15, -0.1) is 0 Å². The first-order valence-corrected chi connectivity index (χ1v) is 10.9. The average Bonchev–Trinajstić information content (AvgIpc) is 3.24. The smallest absolute Gasteiger partial charge is 0.258 e. The molecular weight excluding hydrogens is 438 g/mol. The fraction of sp³-hybridized carbons (Fsp3) is 0.115. The van der Waals surface area contributed by atoms with Gasteiger partial charge in [0.25, 0.3) is 5.56 Å². The fourth-order valence-electron chi connectivity index (χ4n) is 4.39. The standard InChI is InChI=1S/C26H20ClN3O3/c1-15(31)30-23(17-8-5-9-19(32)12-17)14-22(29-30)25-24(16-6-3-2-4-7-16)20-13-18(27)10-11-21(20)28-26(25)33/h2-13,23,32H,14H2,1H3,(H,28,33)/t23-/m1/s1. The number of phenolic OH excluding ortho intramolecular Hbond substituents is 1. The molecule has 0 unspecified atom stereocenters. The monoisotopic (exact) mass is 457 g/mol. The van der Waals surface area contributed by atoms with Crippen molar-refractivity contribution in [3.05, 3.63) is 99.3 Å². The summed E-state index contributed by atoms with van der Waals surface area (Å²) < 4.78 is 0. The SMILES string of the molecule is CC(=O)N1N=C(c2c(-c3ccccc3)c3cc(Cl)ccc3[nH]c2=O)C[C@@H]1c1cccc(O)c1. The Morgan fingerprint density at radius 3 is 2.58 bits per heavy atom. The molecule has 4 aromatic rings. The molecule has 1 atom stereocenters. The minimum Gasteiger partial charge on any atom is -0.508 e. The van der Waals surface area contributed by atoms with Crippen LogP contribution in [0.3, 0.4) is 0 Å². The molecule has 1 aliphatic rings. The van der Waals surface area contributed by atoms with E-state index in [1.54, 1.807) is 30.3 Å². The second-order valence-corrected chi connectivity index (χ2v) is 8.42. The minimum absolute atomic E-state index is 0.104. The van der Waals surface area contributed by atoms with Crippen molar-refractivity contribution < 1.29 is 9.90 Å². The molecule has 33 heavy (non-hydrogen) atoms. The highest BCUT2D eigenvalue weighted by Gasteiger charge is 2.34. The average molecular weight is 458 g/mol. The Hall–Kier alpha value is -3.90. The summed E-state index contributed by atoms with van der Waals surface area (Å²) in [4.78, 5) is 28.7. The first kappa shape index (κ1) is 21.0. The third-order valence-electron chi connectivity index (χ3n) is 5.82. The number of nitrogens with zero attached hydrogens (tertiary/aromatic N) is 2. The lowest BCUT2D eigenvalue weighted by Gasteiger charge is -2.20. The van der Waals surface area contributed by atoms with Crippen LogP contribution in [0.25, 0.3) is 22.0 Å². The van der Waals surface area contributed by atoms with E-state index in [4.69, 9.17) is 11.6 Å². The quantitative estimate of drug-likeness (QED) is 0.440. The van der Waals surface area contributed by atoms with Crippen LogP contribution in [-0.2, 0) is 4.79 Å². The van der Waals surface area contributed by atoms with Gasteiger partial charge in [0.15, 0.2) is 0 Å². The van der Waals surface area contributed by atoms with Gasteiger partial charge in [0, 0.05) is 34.8 Å². The van der Waals surface area contributed by atoms with Crippen molar-refractivity contribution in [1.82, 2.24) is 9.99 Å². The van der Waals surface area contributed by atoms with E-state index in [0.717, 1.165) is 22.1 Å². The van der Waals surface area contributed by atoms with Crippen LogP contribution in [0.5, 0.6) is 5.75 Å². The van der Waals surface area contributed by atoms with Gasteiger partial charge in [-0.1, -0.05) is 54.1 Å². The van der Waals surface area contributed by atoms with E-state index in [9.17, 15) is 14.7 Å². The number of hydrogen-bond acceptors (Lipinski definition) is 4. The molecule has 6 nitrogen and oxygen atoms in total. The zero-order valence-electron chi connectivity index (χ0n) is 17.7. The predicted molar refractivity (Wildman–Crippen MR) is 130 cm³/mol. The lowest BCUT2D eigenvalue weighted by molar-refractivity contribution is -0.130. The molecule has 2 heterocycles. The Kier molecular flexibility index (Phi) is 5.23. The summed E-state index contributed by atoms with van der Waals surface area (Å²) in [6, 6.07) is 21.2. The maximum atomic E-state index is 13.4. The highest BCUT2D eigenvalue weighted by molar-refractivity contribution is 6.31. The molecule has 0 fully saturated rings. The number of halogens is 1. The lowest BCUT2D eigenvalue weighted by atomic mass is 9.91. The summed E-state index contributed by atoms with van der Waals surface area (Å²) in [5.41, 5.74) is 3.59. The largest absolute Gasteiger partial charge is 0.508 e. The Balaban J connectivity index is 1.75. The van der Waals surface area contributed by atoms with Crippen LogP contribution in [-0.4, -0.2) is 26.7 Å². The maximum absolute atomic E-state index is 13.4. The van der Waals surface area contributed by atoms with Gasteiger partial charge in [-0.25, -0.2) is 5.01 Å². The molecule has 1 aromatic heterocycles. The third-order valence-corrected chi connectivity index (χ3v) is 6.05. The zero-order chi connectivity index (χ0) is 23.1. The predicted octanol–water partition coefficient (Wildman–Crippen LogP) is 5.25. The number of carbonyl (C=O) groups excluding carboxylic acids is 1. The number of aromatic hydroxyl groups is 1. The van der Waals surface area contributed by atoms with E-state index in [1.165, 1.54) is 11.9 Å². The van der Waals surface area contributed by atoms with E-state index in [0.29, 0.717) is 28.2 Å². The van der Waals surface area contributed by atoms with Crippen molar-refractivity contribution in [3.63, 3.8) is 0 Å². The number of rotatable bonds is 3. The minimum atomic E-state index is -0.428. The highest BCUT2D eigenvalue weighted by atomic mass is 35.5. The fourth-order valence-corrected chi connectivity index (χ4v) is 4.56. The first-order valence-electron chi connectivity index (χ1n) is 10.5. The van der Waals surface area contributed by atoms with E-state index in [-0.39, 0.29) is 17.2 Å². The topological polar surface area (TPSA) is 85.8 Å². The van der Waals surface area contributed by atoms with E-state index in [2.05, 4.69) is 10.1 Å².